The third kappa shape index (κ3) is 11.9. The Morgan fingerprint density at radius 3 is 2.00 bits per heavy atom. The molecule has 0 radical (unpaired) electrons. The van der Waals surface area contributed by atoms with Crippen molar-refractivity contribution in [1.29, 1.82) is 0 Å². The molecule has 0 saturated carbocycles. The van der Waals surface area contributed by atoms with Gasteiger partial charge in [0, 0.05) is 25.0 Å². The number of hydrogen-bond donors (Lipinski definition) is 0. The molecule has 1 saturated heterocycles. The molecule has 1 aromatic rings. The summed E-state index contributed by atoms with van der Waals surface area (Å²) in [5.41, 5.74) is 1.07. The Balaban J connectivity index is 0. The van der Waals surface area contributed by atoms with Crippen molar-refractivity contribution in [3.05, 3.63) is 30.1 Å². The molecule has 4 heteroatoms. The van der Waals surface area contributed by atoms with Crippen molar-refractivity contribution in [3.63, 3.8) is 0 Å². The van der Waals surface area contributed by atoms with Crippen molar-refractivity contribution in [3.8, 4) is 0 Å². The quantitative estimate of drug-likeness (QED) is 0.698. The number of carbonyl (C=O) groups is 1. The van der Waals surface area contributed by atoms with E-state index in [2.05, 4.69) is 9.72 Å². The van der Waals surface area contributed by atoms with Crippen LogP contribution in [0, 0.1) is 6.92 Å². The summed E-state index contributed by atoms with van der Waals surface area (Å²) in [5.74, 6) is 0. The summed E-state index contributed by atoms with van der Waals surface area (Å²) in [7, 11) is 1.43. The van der Waals surface area contributed by atoms with Gasteiger partial charge in [-0.2, -0.15) is 0 Å². The van der Waals surface area contributed by atoms with E-state index >= 15 is 0 Å². The van der Waals surface area contributed by atoms with Gasteiger partial charge in [-0.15, -0.1) is 0 Å². The average Bonchev–Trinajstić information content (AvgIpc) is 2.60. The molecule has 0 spiro atoms. The van der Waals surface area contributed by atoms with Crippen LogP contribution < -0.4 is 0 Å². The maximum Gasteiger partial charge on any atom is 0.409 e. The standard InChI is InChI=1S/C7H13NO2.C6H7N.2C2H6/c1-10-7(9)8-5-3-2-4-6-8;1-6-4-2-3-5-7-6;2*1-2/h2-6H2,1H3;2-5H,1H3;2*1-2H3. The number of amides is 1. The lowest BCUT2D eigenvalue weighted by Gasteiger charge is -2.24. The number of pyridine rings is 1. The predicted molar refractivity (Wildman–Crippen MR) is 89.5 cm³/mol. The maximum absolute atomic E-state index is 10.9. The second kappa shape index (κ2) is 16.5. The monoisotopic (exact) mass is 296 g/mol. The van der Waals surface area contributed by atoms with Crippen molar-refractivity contribution in [1.82, 2.24) is 9.88 Å². The Labute approximate surface area is 130 Å². The van der Waals surface area contributed by atoms with Crippen LogP contribution in [-0.2, 0) is 4.74 Å². The van der Waals surface area contributed by atoms with Gasteiger partial charge in [-0.25, -0.2) is 4.79 Å². The molecule has 2 heterocycles. The summed E-state index contributed by atoms with van der Waals surface area (Å²) in [6.07, 6.45) is 5.09. The molecule has 4 nitrogen and oxygen atoms in total. The number of rotatable bonds is 0. The molecule has 0 unspecified atom stereocenters. The van der Waals surface area contributed by atoms with E-state index in [1.807, 2.05) is 52.8 Å². The fourth-order valence-electron chi connectivity index (χ4n) is 1.65. The molecule has 0 bridgehead atoms. The fraction of sp³-hybridized carbons (Fsp3) is 0.647. The molecule has 0 aliphatic carbocycles. The number of aromatic nitrogens is 1. The highest BCUT2D eigenvalue weighted by Crippen LogP contribution is 2.08. The number of likely N-dealkylation sites (tertiary alicyclic amines) is 1. The minimum atomic E-state index is -0.181. The molecule has 0 N–H and O–H groups in total. The van der Waals surface area contributed by atoms with E-state index in [1.165, 1.54) is 13.5 Å². The van der Waals surface area contributed by atoms with Crippen LogP contribution >= 0.6 is 0 Å². The smallest absolute Gasteiger partial charge is 0.409 e. The van der Waals surface area contributed by atoms with Gasteiger partial charge < -0.3 is 9.64 Å². The van der Waals surface area contributed by atoms with Gasteiger partial charge in [0.25, 0.3) is 0 Å². The zero-order chi connectivity index (χ0) is 16.5. The Morgan fingerprint density at radius 2 is 1.67 bits per heavy atom. The van der Waals surface area contributed by atoms with Crippen molar-refractivity contribution >= 4 is 6.09 Å². The Morgan fingerprint density at radius 1 is 1.10 bits per heavy atom. The van der Waals surface area contributed by atoms with E-state index < -0.39 is 0 Å². The van der Waals surface area contributed by atoms with Crippen LogP contribution in [0.4, 0.5) is 4.79 Å². The predicted octanol–water partition coefficient (Wildman–Crippen LogP) is 4.68. The molecule has 122 valence electrons. The van der Waals surface area contributed by atoms with Gasteiger partial charge in [-0.3, -0.25) is 4.98 Å². The zero-order valence-electron chi connectivity index (χ0n) is 14.6. The number of carbonyl (C=O) groups excluding carboxylic acids is 1. The Hall–Kier alpha value is -1.58. The average molecular weight is 296 g/mol. The number of hydrogen-bond acceptors (Lipinski definition) is 3. The Bertz CT molecular complexity index is 323. The number of piperidine rings is 1. The van der Waals surface area contributed by atoms with Crippen molar-refractivity contribution in [2.24, 2.45) is 0 Å². The molecule has 1 fully saturated rings. The first-order valence-corrected chi connectivity index (χ1v) is 7.94. The number of ether oxygens (including phenoxy) is 1. The van der Waals surface area contributed by atoms with E-state index in [0.29, 0.717) is 0 Å². The van der Waals surface area contributed by atoms with Gasteiger partial charge in [0.15, 0.2) is 0 Å². The lowest BCUT2D eigenvalue weighted by molar-refractivity contribution is 0.115. The molecule has 0 atom stereocenters. The third-order valence-electron chi connectivity index (χ3n) is 2.60. The summed E-state index contributed by atoms with van der Waals surface area (Å²) in [5, 5.41) is 0. The number of methoxy groups -OCH3 is 1. The summed E-state index contributed by atoms with van der Waals surface area (Å²) in [6.45, 7) is 11.7. The molecule has 1 amide bonds. The fourth-order valence-corrected chi connectivity index (χ4v) is 1.65. The highest BCUT2D eigenvalue weighted by molar-refractivity contribution is 5.67. The normalized spacial score (nSPS) is 12.4. The van der Waals surface area contributed by atoms with E-state index in [9.17, 15) is 4.79 Å². The second-order valence-electron chi connectivity index (χ2n) is 3.99. The van der Waals surface area contributed by atoms with Gasteiger partial charge in [-0.05, 0) is 38.3 Å². The molecule has 1 aliphatic rings. The van der Waals surface area contributed by atoms with E-state index in [0.717, 1.165) is 31.6 Å². The summed E-state index contributed by atoms with van der Waals surface area (Å²) in [4.78, 5) is 16.6. The molecule has 2 rings (SSSR count). The maximum atomic E-state index is 10.9. The minimum absolute atomic E-state index is 0.181. The molecule has 1 aromatic heterocycles. The van der Waals surface area contributed by atoms with Crippen LogP contribution in [0.3, 0.4) is 0 Å². The van der Waals surface area contributed by atoms with Crippen LogP contribution in [-0.4, -0.2) is 36.2 Å². The van der Waals surface area contributed by atoms with Gasteiger partial charge in [-0.1, -0.05) is 33.8 Å². The Kier molecular flexibility index (Phi) is 17.0. The van der Waals surface area contributed by atoms with E-state index in [1.54, 1.807) is 11.1 Å². The zero-order valence-corrected chi connectivity index (χ0v) is 14.6. The molecule has 0 aromatic carbocycles. The van der Waals surface area contributed by atoms with Crippen molar-refractivity contribution in [2.75, 3.05) is 20.2 Å². The SMILES string of the molecule is CC.CC.COC(=O)N1CCCCC1.Cc1ccccn1. The topological polar surface area (TPSA) is 42.4 Å². The van der Waals surface area contributed by atoms with Crippen LogP contribution in [0.1, 0.15) is 52.7 Å². The minimum Gasteiger partial charge on any atom is -0.453 e. The van der Waals surface area contributed by atoms with E-state index in [4.69, 9.17) is 0 Å². The summed E-state index contributed by atoms with van der Waals surface area (Å²) < 4.78 is 4.58. The third-order valence-corrected chi connectivity index (χ3v) is 2.60. The first-order chi connectivity index (χ1) is 10.2. The van der Waals surface area contributed by atoms with Crippen LogP contribution in [0.25, 0.3) is 0 Å². The van der Waals surface area contributed by atoms with Crippen LogP contribution in [0.2, 0.25) is 0 Å². The largest absolute Gasteiger partial charge is 0.453 e. The number of aryl methyl sites for hydroxylation is 1. The first kappa shape index (κ1) is 21.7. The highest BCUT2D eigenvalue weighted by atomic mass is 16.5. The van der Waals surface area contributed by atoms with Crippen LogP contribution in [0.15, 0.2) is 24.4 Å². The first-order valence-electron chi connectivity index (χ1n) is 7.94. The van der Waals surface area contributed by atoms with Gasteiger partial charge >= 0.3 is 6.09 Å². The summed E-state index contributed by atoms with van der Waals surface area (Å²) >= 11 is 0. The molecule has 21 heavy (non-hydrogen) atoms. The van der Waals surface area contributed by atoms with Crippen LogP contribution in [0.5, 0.6) is 0 Å². The van der Waals surface area contributed by atoms with E-state index in [-0.39, 0.29) is 6.09 Å². The van der Waals surface area contributed by atoms with Crippen molar-refractivity contribution in [2.45, 2.75) is 53.9 Å². The lowest BCUT2D eigenvalue weighted by atomic mass is 10.1. The number of nitrogens with zero attached hydrogens (tertiary/aromatic N) is 2. The van der Waals surface area contributed by atoms with Gasteiger partial charge in [0.05, 0.1) is 7.11 Å². The molecular formula is C17H32N2O2. The lowest BCUT2D eigenvalue weighted by Crippen LogP contribution is -2.35. The van der Waals surface area contributed by atoms with Gasteiger partial charge in [0.1, 0.15) is 0 Å². The molecular weight excluding hydrogens is 264 g/mol. The molecule has 1 aliphatic heterocycles. The van der Waals surface area contributed by atoms with Crippen molar-refractivity contribution < 1.29 is 9.53 Å². The summed E-state index contributed by atoms with van der Waals surface area (Å²) in [6, 6.07) is 5.86. The highest BCUT2D eigenvalue weighted by Gasteiger charge is 2.15. The van der Waals surface area contributed by atoms with Gasteiger partial charge in [0.2, 0.25) is 0 Å². The second-order valence-corrected chi connectivity index (χ2v) is 3.99.